The van der Waals surface area contributed by atoms with Gasteiger partial charge in [-0.25, -0.2) is 0 Å². The van der Waals surface area contributed by atoms with Crippen molar-refractivity contribution in [2.75, 3.05) is 0 Å². The third kappa shape index (κ3) is 5.08. The first-order valence-electron chi connectivity index (χ1n) is 9.53. The van der Waals surface area contributed by atoms with Crippen molar-refractivity contribution in [3.05, 3.63) is 57.0 Å². The van der Waals surface area contributed by atoms with Gasteiger partial charge >= 0.3 is 0 Å². The van der Waals surface area contributed by atoms with Crippen LogP contribution in [-0.4, -0.2) is 31.6 Å². The van der Waals surface area contributed by atoms with Gasteiger partial charge in [0.15, 0.2) is 5.82 Å². The summed E-state index contributed by atoms with van der Waals surface area (Å²) in [5, 5.41) is 17.0. The van der Waals surface area contributed by atoms with Crippen molar-refractivity contribution in [3.63, 3.8) is 0 Å². The molecule has 0 radical (unpaired) electrons. The predicted octanol–water partition coefficient (Wildman–Crippen LogP) is 5.52. The van der Waals surface area contributed by atoms with Gasteiger partial charge in [-0.3, -0.25) is 14.4 Å². The first-order valence-corrected chi connectivity index (χ1v) is 10.8. The maximum absolute atomic E-state index is 9.00. The van der Waals surface area contributed by atoms with Gasteiger partial charge in [0, 0.05) is 11.9 Å². The molecule has 0 saturated carbocycles. The molecule has 3 heterocycles. The van der Waals surface area contributed by atoms with Gasteiger partial charge in [-0.2, -0.15) is 0 Å². The number of rotatable bonds is 1. The van der Waals surface area contributed by atoms with Crippen molar-refractivity contribution in [1.82, 2.24) is 14.8 Å². The standard InChI is InChI=1S/C17H17ClN4S.C2H4O2.C2H6/c1-9-10(2)23-17-15(9)16(12-4-6-13(18)7-5-12)19-8-14-21-20-11(3)22(14)17;1-2(3)4;1-2/h4-7,15,17H,8H2,1-3H3;1H3,(H,3,4);1-2H3. The lowest BCUT2D eigenvalue weighted by atomic mass is 9.90. The summed E-state index contributed by atoms with van der Waals surface area (Å²) in [6.45, 7) is 12.1. The number of aromatic nitrogens is 3. The molecule has 0 amide bonds. The van der Waals surface area contributed by atoms with Gasteiger partial charge in [0.2, 0.25) is 0 Å². The Bertz CT molecular complexity index is 931. The summed E-state index contributed by atoms with van der Waals surface area (Å²) in [5.74, 6) is 1.31. The molecule has 1 aromatic heterocycles. The minimum absolute atomic E-state index is 0.247. The number of carbonyl (C=O) groups is 1. The Balaban J connectivity index is 0.000000449. The van der Waals surface area contributed by atoms with Crippen molar-refractivity contribution in [1.29, 1.82) is 0 Å². The molecule has 2 aliphatic rings. The van der Waals surface area contributed by atoms with Gasteiger partial charge in [0.25, 0.3) is 5.97 Å². The lowest BCUT2D eigenvalue weighted by molar-refractivity contribution is -0.134. The molecule has 6 nitrogen and oxygen atoms in total. The Morgan fingerprint density at radius 2 is 1.76 bits per heavy atom. The molecular formula is C21H27ClN4O2S. The van der Waals surface area contributed by atoms with E-state index in [1.807, 2.05) is 44.7 Å². The van der Waals surface area contributed by atoms with Gasteiger partial charge in [-0.15, -0.1) is 22.0 Å². The van der Waals surface area contributed by atoms with Crippen LogP contribution in [0.25, 0.3) is 0 Å². The van der Waals surface area contributed by atoms with E-state index in [-0.39, 0.29) is 11.3 Å². The maximum atomic E-state index is 9.00. The number of allylic oxidation sites excluding steroid dienone is 2. The summed E-state index contributed by atoms with van der Waals surface area (Å²) in [6, 6.07) is 7.98. The number of carboxylic acids is 1. The topological polar surface area (TPSA) is 80.4 Å². The molecule has 1 N–H and O–H groups in total. The maximum Gasteiger partial charge on any atom is 0.300 e. The van der Waals surface area contributed by atoms with E-state index in [9.17, 15) is 0 Å². The summed E-state index contributed by atoms with van der Waals surface area (Å²) in [5.41, 5.74) is 3.64. The molecule has 29 heavy (non-hydrogen) atoms. The largest absolute Gasteiger partial charge is 0.481 e. The Labute approximate surface area is 181 Å². The fourth-order valence-corrected chi connectivity index (χ4v) is 4.96. The second-order valence-corrected chi connectivity index (χ2v) is 8.25. The highest BCUT2D eigenvalue weighted by atomic mass is 35.5. The number of nitrogens with zero attached hydrogens (tertiary/aromatic N) is 4. The van der Waals surface area contributed by atoms with Gasteiger partial charge in [0.05, 0.1) is 23.5 Å². The molecule has 2 atom stereocenters. The Hall–Kier alpha value is -2.12. The average Bonchev–Trinajstić information content (AvgIpc) is 3.12. The number of hydrogen-bond donors (Lipinski definition) is 1. The van der Waals surface area contributed by atoms with Crippen LogP contribution in [0.5, 0.6) is 0 Å². The number of carboxylic acid groups (broad SMARTS) is 1. The second-order valence-electron chi connectivity index (χ2n) is 6.49. The number of thioether (sulfide) groups is 1. The van der Waals surface area contributed by atoms with Gasteiger partial charge in [-0.05, 0) is 43.4 Å². The van der Waals surface area contributed by atoms with Gasteiger partial charge in [0.1, 0.15) is 5.82 Å². The molecule has 0 saturated heterocycles. The SMILES string of the molecule is CC.CC(=O)O.CC1=C(C)C2C(c3ccc(Cl)cc3)=NCc3nnc(C)n3C2S1. The molecule has 0 fully saturated rings. The lowest BCUT2D eigenvalue weighted by Crippen LogP contribution is -2.23. The highest BCUT2D eigenvalue weighted by Crippen LogP contribution is 2.51. The van der Waals surface area contributed by atoms with Crippen LogP contribution in [-0.2, 0) is 11.3 Å². The molecule has 2 aliphatic heterocycles. The molecule has 1 aromatic carbocycles. The van der Waals surface area contributed by atoms with Crippen LogP contribution < -0.4 is 0 Å². The Morgan fingerprint density at radius 1 is 1.17 bits per heavy atom. The summed E-state index contributed by atoms with van der Waals surface area (Å²) >= 11 is 7.94. The number of benzene rings is 1. The summed E-state index contributed by atoms with van der Waals surface area (Å²) in [7, 11) is 0. The molecule has 0 aliphatic carbocycles. The van der Waals surface area contributed by atoms with Gasteiger partial charge in [-0.1, -0.05) is 43.2 Å². The van der Waals surface area contributed by atoms with Crippen molar-refractivity contribution >= 4 is 35.0 Å². The quantitative estimate of drug-likeness (QED) is 0.639. The number of aliphatic imine (C=N–C) groups is 1. The number of fused-ring (bicyclic) bond motifs is 3. The molecule has 0 bridgehead atoms. The highest BCUT2D eigenvalue weighted by Gasteiger charge is 2.40. The van der Waals surface area contributed by atoms with Crippen molar-refractivity contribution < 1.29 is 9.90 Å². The van der Waals surface area contributed by atoms with Crippen molar-refractivity contribution in [2.45, 2.75) is 53.5 Å². The van der Waals surface area contributed by atoms with E-state index >= 15 is 0 Å². The fraction of sp³-hybridized carbons (Fsp3) is 0.429. The zero-order chi connectivity index (χ0) is 21.7. The average molecular weight is 435 g/mol. The molecule has 156 valence electrons. The molecule has 2 unspecified atom stereocenters. The van der Waals surface area contributed by atoms with E-state index in [4.69, 9.17) is 26.5 Å². The van der Waals surface area contributed by atoms with E-state index in [0.29, 0.717) is 6.54 Å². The van der Waals surface area contributed by atoms with Crippen LogP contribution in [0.2, 0.25) is 5.02 Å². The Morgan fingerprint density at radius 3 is 2.34 bits per heavy atom. The number of hydrogen-bond acceptors (Lipinski definition) is 5. The van der Waals surface area contributed by atoms with Gasteiger partial charge < -0.3 is 5.11 Å². The predicted molar refractivity (Wildman–Crippen MR) is 120 cm³/mol. The number of aliphatic carboxylic acids is 1. The first kappa shape index (κ1) is 23.2. The third-order valence-electron chi connectivity index (χ3n) is 4.62. The molecule has 2 aromatic rings. The van der Waals surface area contributed by atoms with Crippen LogP contribution in [0.1, 0.15) is 57.2 Å². The molecule has 8 heteroatoms. The molecule has 0 spiro atoms. The number of halogens is 1. The molecular weight excluding hydrogens is 408 g/mol. The Kier molecular flexibility index (Phi) is 8.05. The third-order valence-corrected chi connectivity index (χ3v) is 6.27. The van der Waals surface area contributed by atoms with E-state index in [1.165, 1.54) is 10.5 Å². The van der Waals surface area contributed by atoms with Crippen molar-refractivity contribution in [2.24, 2.45) is 10.9 Å². The summed E-state index contributed by atoms with van der Waals surface area (Å²) < 4.78 is 2.25. The van der Waals surface area contributed by atoms with Crippen LogP contribution in [0.15, 0.2) is 39.7 Å². The molecule has 4 rings (SSSR count). The van der Waals surface area contributed by atoms with Crippen LogP contribution in [0.3, 0.4) is 0 Å². The minimum atomic E-state index is -0.833. The van der Waals surface area contributed by atoms with Crippen LogP contribution in [0, 0.1) is 12.8 Å². The van der Waals surface area contributed by atoms with E-state index < -0.39 is 5.97 Å². The zero-order valence-electron chi connectivity index (χ0n) is 17.6. The normalized spacial score (nSPS) is 19.6. The highest BCUT2D eigenvalue weighted by molar-refractivity contribution is 8.03. The summed E-state index contributed by atoms with van der Waals surface area (Å²) in [4.78, 5) is 15.3. The fourth-order valence-electron chi connectivity index (χ4n) is 3.31. The smallest absolute Gasteiger partial charge is 0.300 e. The van der Waals surface area contributed by atoms with Crippen LogP contribution in [0.4, 0.5) is 0 Å². The minimum Gasteiger partial charge on any atom is -0.481 e. The lowest BCUT2D eigenvalue weighted by Gasteiger charge is -2.23. The number of aryl methyl sites for hydroxylation is 1. The zero-order valence-corrected chi connectivity index (χ0v) is 19.2. The second kappa shape index (κ2) is 10.1. The first-order chi connectivity index (χ1) is 13.8. The van der Waals surface area contributed by atoms with E-state index in [0.717, 1.165) is 34.9 Å². The summed E-state index contributed by atoms with van der Waals surface area (Å²) in [6.07, 6.45) is 0. The van der Waals surface area contributed by atoms with Crippen molar-refractivity contribution in [3.8, 4) is 0 Å². The van der Waals surface area contributed by atoms with E-state index in [1.54, 1.807) is 0 Å². The van der Waals surface area contributed by atoms with Crippen LogP contribution >= 0.6 is 23.4 Å². The van der Waals surface area contributed by atoms with E-state index in [2.05, 4.69) is 40.7 Å². The monoisotopic (exact) mass is 434 g/mol.